The minimum Gasteiger partial charge on any atom is -0.496 e. The molecule has 1 aliphatic heterocycles. The summed E-state index contributed by atoms with van der Waals surface area (Å²) in [7, 11) is 1.65. The van der Waals surface area contributed by atoms with E-state index < -0.39 is 0 Å². The van der Waals surface area contributed by atoms with Gasteiger partial charge in [-0.25, -0.2) is 0 Å². The number of ether oxygens (including phenoxy) is 1. The lowest BCUT2D eigenvalue weighted by Crippen LogP contribution is -2.32. The molecule has 4 heteroatoms. The molecule has 0 unspecified atom stereocenters. The maximum absolute atomic E-state index is 12.6. The number of methoxy groups -OCH3 is 1. The number of rotatable bonds is 6. The van der Waals surface area contributed by atoms with Crippen LogP contribution in [0, 0.1) is 5.92 Å². The Hall–Kier alpha value is -2.33. The number of hydrogen-bond donors (Lipinski definition) is 1. The number of nitrogens with one attached hydrogen (secondary N) is 1. The van der Waals surface area contributed by atoms with Gasteiger partial charge in [-0.2, -0.15) is 0 Å². The molecule has 2 aromatic rings. The molecule has 2 aromatic carbocycles. The standard InChI is InChI=1S/C23H30N2O2/c1-17-12-14-25(15-13-17)16-19-8-10-20(11-9-19)23(26)24-18(2)21-6-4-5-7-22(21)27-3/h4-11,17-18H,12-16H2,1-3H3,(H,24,26)/t18-/m0/s1. The lowest BCUT2D eigenvalue weighted by Gasteiger charge is -2.30. The Morgan fingerprint density at radius 3 is 2.48 bits per heavy atom. The van der Waals surface area contributed by atoms with Crippen LogP contribution in [-0.2, 0) is 6.54 Å². The van der Waals surface area contributed by atoms with E-state index in [0.717, 1.165) is 23.8 Å². The summed E-state index contributed by atoms with van der Waals surface area (Å²) < 4.78 is 5.39. The molecule has 0 saturated carbocycles. The average molecular weight is 367 g/mol. The van der Waals surface area contributed by atoms with E-state index >= 15 is 0 Å². The molecule has 1 amide bonds. The Morgan fingerprint density at radius 2 is 1.81 bits per heavy atom. The molecular formula is C23H30N2O2. The summed E-state index contributed by atoms with van der Waals surface area (Å²) in [5, 5.41) is 3.06. The van der Waals surface area contributed by atoms with Crippen LogP contribution in [0.15, 0.2) is 48.5 Å². The highest BCUT2D eigenvalue weighted by Gasteiger charge is 2.17. The van der Waals surface area contributed by atoms with E-state index in [4.69, 9.17) is 4.74 Å². The molecule has 1 N–H and O–H groups in total. The van der Waals surface area contributed by atoms with Crippen LogP contribution in [0.4, 0.5) is 0 Å². The number of carbonyl (C=O) groups excluding carboxylic acids is 1. The first kappa shape index (κ1) is 19.4. The van der Waals surface area contributed by atoms with E-state index in [1.54, 1.807) is 7.11 Å². The monoisotopic (exact) mass is 366 g/mol. The van der Waals surface area contributed by atoms with E-state index in [0.29, 0.717) is 5.56 Å². The largest absolute Gasteiger partial charge is 0.496 e. The highest BCUT2D eigenvalue weighted by Crippen LogP contribution is 2.24. The molecule has 1 aliphatic rings. The maximum Gasteiger partial charge on any atom is 0.251 e. The number of para-hydroxylation sites is 1. The molecule has 0 bridgehead atoms. The molecule has 4 nitrogen and oxygen atoms in total. The fourth-order valence-electron chi connectivity index (χ4n) is 3.62. The number of likely N-dealkylation sites (tertiary alicyclic amines) is 1. The van der Waals surface area contributed by atoms with Gasteiger partial charge in [0.25, 0.3) is 5.91 Å². The van der Waals surface area contributed by atoms with Crippen LogP contribution >= 0.6 is 0 Å². The number of amides is 1. The number of nitrogens with zero attached hydrogens (tertiary/aromatic N) is 1. The summed E-state index contributed by atoms with van der Waals surface area (Å²) in [5.74, 6) is 1.57. The van der Waals surface area contributed by atoms with Gasteiger partial charge in [0.15, 0.2) is 0 Å². The summed E-state index contributed by atoms with van der Waals surface area (Å²) in [4.78, 5) is 15.1. The first-order chi connectivity index (χ1) is 13.1. The van der Waals surface area contributed by atoms with Gasteiger partial charge in [-0.3, -0.25) is 9.69 Å². The molecular weight excluding hydrogens is 336 g/mol. The Balaban J connectivity index is 1.58. The number of benzene rings is 2. The van der Waals surface area contributed by atoms with Gasteiger partial charge in [-0.15, -0.1) is 0 Å². The normalized spacial score (nSPS) is 16.7. The van der Waals surface area contributed by atoms with Crippen LogP contribution in [0.5, 0.6) is 5.75 Å². The molecule has 0 aliphatic carbocycles. The van der Waals surface area contributed by atoms with Crippen LogP contribution < -0.4 is 10.1 Å². The van der Waals surface area contributed by atoms with E-state index in [1.165, 1.54) is 31.5 Å². The third kappa shape index (κ3) is 5.10. The van der Waals surface area contributed by atoms with Crippen molar-refractivity contribution in [2.24, 2.45) is 5.92 Å². The van der Waals surface area contributed by atoms with Crippen LogP contribution in [0.25, 0.3) is 0 Å². The first-order valence-electron chi connectivity index (χ1n) is 9.82. The maximum atomic E-state index is 12.6. The molecule has 144 valence electrons. The smallest absolute Gasteiger partial charge is 0.251 e. The molecule has 0 radical (unpaired) electrons. The van der Waals surface area contributed by atoms with E-state index in [9.17, 15) is 4.79 Å². The SMILES string of the molecule is COc1ccccc1[C@H](C)NC(=O)c1ccc(CN2CCC(C)CC2)cc1. The fraction of sp³-hybridized carbons (Fsp3) is 0.435. The third-order valence-corrected chi connectivity index (χ3v) is 5.45. The first-order valence-corrected chi connectivity index (χ1v) is 9.82. The van der Waals surface area contributed by atoms with Crippen molar-refractivity contribution in [2.45, 2.75) is 39.3 Å². The topological polar surface area (TPSA) is 41.6 Å². The van der Waals surface area contributed by atoms with E-state index in [-0.39, 0.29) is 11.9 Å². The highest BCUT2D eigenvalue weighted by atomic mass is 16.5. The van der Waals surface area contributed by atoms with Gasteiger partial charge < -0.3 is 10.1 Å². The third-order valence-electron chi connectivity index (χ3n) is 5.45. The van der Waals surface area contributed by atoms with Gasteiger partial charge in [0.1, 0.15) is 5.75 Å². The van der Waals surface area contributed by atoms with Gasteiger partial charge in [0, 0.05) is 17.7 Å². The molecule has 1 atom stereocenters. The zero-order valence-corrected chi connectivity index (χ0v) is 16.6. The second-order valence-electron chi connectivity index (χ2n) is 7.59. The van der Waals surface area contributed by atoms with Gasteiger partial charge in [0.2, 0.25) is 0 Å². The molecule has 27 heavy (non-hydrogen) atoms. The van der Waals surface area contributed by atoms with Crippen molar-refractivity contribution < 1.29 is 9.53 Å². The Bertz CT molecular complexity index is 749. The van der Waals surface area contributed by atoms with Crippen LogP contribution in [0.2, 0.25) is 0 Å². The zero-order chi connectivity index (χ0) is 19.2. The van der Waals surface area contributed by atoms with Crippen molar-refractivity contribution in [3.8, 4) is 5.75 Å². The molecule has 1 fully saturated rings. The van der Waals surface area contributed by atoms with Gasteiger partial charge >= 0.3 is 0 Å². The van der Waals surface area contributed by atoms with E-state index in [2.05, 4.69) is 29.3 Å². The van der Waals surface area contributed by atoms with Crippen LogP contribution in [0.1, 0.15) is 54.2 Å². The molecule has 0 spiro atoms. The molecule has 1 saturated heterocycles. The number of carbonyl (C=O) groups is 1. The minimum absolute atomic E-state index is 0.0632. The number of piperidine rings is 1. The average Bonchev–Trinajstić information content (AvgIpc) is 2.70. The van der Waals surface area contributed by atoms with E-state index in [1.807, 2.05) is 43.3 Å². The van der Waals surface area contributed by atoms with Crippen LogP contribution in [0.3, 0.4) is 0 Å². The van der Waals surface area contributed by atoms with Gasteiger partial charge in [-0.1, -0.05) is 37.3 Å². The second kappa shape index (κ2) is 9.05. The molecule has 1 heterocycles. The molecule has 0 aromatic heterocycles. The Kier molecular flexibility index (Phi) is 6.51. The fourth-order valence-corrected chi connectivity index (χ4v) is 3.62. The lowest BCUT2D eigenvalue weighted by molar-refractivity contribution is 0.0939. The Labute approximate surface area is 162 Å². The summed E-state index contributed by atoms with van der Waals surface area (Å²) in [6, 6.07) is 15.6. The van der Waals surface area contributed by atoms with Gasteiger partial charge in [-0.05, 0) is 62.5 Å². The lowest BCUT2D eigenvalue weighted by atomic mass is 9.99. The minimum atomic E-state index is -0.122. The number of hydrogen-bond acceptors (Lipinski definition) is 3. The van der Waals surface area contributed by atoms with Crippen molar-refractivity contribution in [2.75, 3.05) is 20.2 Å². The Morgan fingerprint density at radius 1 is 1.15 bits per heavy atom. The second-order valence-corrected chi connectivity index (χ2v) is 7.59. The summed E-state index contributed by atoms with van der Waals surface area (Å²) >= 11 is 0. The van der Waals surface area contributed by atoms with Crippen molar-refractivity contribution in [3.63, 3.8) is 0 Å². The summed E-state index contributed by atoms with van der Waals surface area (Å²) in [5.41, 5.74) is 2.93. The van der Waals surface area contributed by atoms with Crippen molar-refractivity contribution in [1.29, 1.82) is 0 Å². The summed E-state index contributed by atoms with van der Waals surface area (Å²) in [6.45, 7) is 7.60. The van der Waals surface area contributed by atoms with Crippen molar-refractivity contribution in [1.82, 2.24) is 10.2 Å². The zero-order valence-electron chi connectivity index (χ0n) is 16.6. The van der Waals surface area contributed by atoms with Crippen molar-refractivity contribution >= 4 is 5.91 Å². The summed E-state index contributed by atoms with van der Waals surface area (Å²) in [6.07, 6.45) is 2.56. The predicted molar refractivity (Wildman–Crippen MR) is 109 cm³/mol. The quantitative estimate of drug-likeness (QED) is 0.823. The predicted octanol–water partition coefficient (Wildman–Crippen LogP) is 4.42. The van der Waals surface area contributed by atoms with Crippen molar-refractivity contribution in [3.05, 3.63) is 65.2 Å². The van der Waals surface area contributed by atoms with Crippen LogP contribution in [-0.4, -0.2) is 31.0 Å². The van der Waals surface area contributed by atoms with Gasteiger partial charge in [0.05, 0.1) is 13.2 Å². The highest BCUT2D eigenvalue weighted by molar-refractivity contribution is 5.94. The molecule has 3 rings (SSSR count).